The lowest BCUT2D eigenvalue weighted by atomic mass is 9.73. The molecule has 0 amide bonds. The molecule has 152 valence electrons. The van der Waals surface area contributed by atoms with Crippen LogP contribution in [-0.4, -0.2) is 34.2 Å². The number of aliphatic hydroxyl groups excluding tert-OH is 1. The molecule has 2 aromatic rings. The number of piperidine rings is 1. The van der Waals surface area contributed by atoms with Crippen LogP contribution in [0.1, 0.15) is 37.6 Å². The van der Waals surface area contributed by atoms with Crippen molar-refractivity contribution in [2.75, 3.05) is 13.1 Å². The fraction of sp³-hybridized carbons (Fsp3) is 0.500. The first kappa shape index (κ1) is 21.3. The van der Waals surface area contributed by atoms with E-state index in [9.17, 15) is 15.0 Å². The third-order valence-corrected chi connectivity index (χ3v) is 6.99. The van der Waals surface area contributed by atoms with Gasteiger partial charge in [0.1, 0.15) is 0 Å². The monoisotopic (exact) mass is 421 g/mol. The maximum Gasteiger partial charge on any atom is 0.307 e. The second-order valence-corrected chi connectivity index (χ2v) is 10.4. The van der Waals surface area contributed by atoms with Gasteiger partial charge >= 0.3 is 5.97 Å². The summed E-state index contributed by atoms with van der Waals surface area (Å²) in [6.45, 7) is 8.81. The van der Waals surface area contributed by atoms with Gasteiger partial charge in [0.25, 0.3) is 0 Å². The quantitative estimate of drug-likeness (QED) is 0.702. The first-order valence-corrected chi connectivity index (χ1v) is 10.8. The van der Waals surface area contributed by atoms with E-state index in [4.69, 9.17) is 11.6 Å². The summed E-state index contributed by atoms with van der Waals surface area (Å²) in [4.78, 5) is 16.2. The molecule has 1 aromatic heterocycles. The molecule has 1 saturated heterocycles. The summed E-state index contributed by atoms with van der Waals surface area (Å²) in [6, 6.07) is 9.69. The number of aliphatic carboxylic acids is 1. The topological polar surface area (TPSA) is 60.8 Å². The molecule has 0 unspecified atom stereocenters. The Morgan fingerprint density at radius 1 is 1.25 bits per heavy atom. The van der Waals surface area contributed by atoms with Gasteiger partial charge in [-0.1, -0.05) is 38.4 Å². The standard InChI is InChI=1S/C22H28ClNO3S/c1-22(2,3)16-8-15(21(26)27)10-24(11-16)12-18-6-7-20(28-18)19-9-17(23)5-4-14(19)13-25/h4-7,9,15-16,25H,8,10-13H2,1-3H3,(H,26,27)/t15-,16-/m1/s1. The van der Waals surface area contributed by atoms with Crippen LogP contribution in [-0.2, 0) is 17.9 Å². The number of carboxylic acid groups (broad SMARTS) is 1. The van der Waals surface area contributed by atoms with Crippen molar-refractivity contribution in [1.29, 1.82) is 0 Å². The van der Waals surface area contributed by atoms with Gasteiger partial charge in [0.2, 0.25) is 0 Å². The van der Waals surface area contributed by atoms with Crippen molar-refractivity contribution in [3.8, 4) is 10.4 Å². The summed E-state index contributed by atoms with van der Waals surface area (Å²) >= 11 is 7.83. The van der Waals surface area contributed by atoms with Gasteiger partial charge in [0.05, 0.1) is 12.5 Å². The lowest BCUT2D eigenvalue weighted by molar-refractivity contribution is -0.145. The molecule has 1 aromatic carbocycles. The number of halogens is 1. The highest BCUT2D eigenvalue weighted by Gasteiger charge is 2.37. The highest BCUT2D eigenvalue weighted by Crippen LogP contribution is 2.38. The van der Waals surface area contributed by atoms with Crippen LogP contribution < -0.4 is 0 Å². The Morgan fingerprint density at radius 3 is 2.64 bits per heavy atom. The van der Waals surface area contributed by atoms with Crippen molar-refractivity contribution in [3.63, 3.8) is 0 Å². The number of hydrogen-bond donors (Lipinski definition) is 2. The minimum Gasteiger partial charge on any atom is -0.481 e. The van der Waals surface area contributed by atoms with Gasteiger partial charge < -0.3 is 10.2 Å². The molecule has 1 fully saturated rings. The predicted octanol–water partition coefficient (Wildman–Crippen LogP) is 5.13. The first-order valence-electron chi connectivity index (χ1n) is 9.61. The Kier molecular flexibility index (Phi) is 6.50. The fourth-order valence-electron chi connectivity index (χ4n) is 3.87. The number of carbonyl (C=O) groups is 1. The van der Waals surface area contributed by atoms with Gasteiger partial charge in [-0.25, -0.2) is 0 Å². The molecule has 6 heteroatoms. The summed E-state index contributed by atoms with van der Waals surface area (Å²) in [7, 11) is 0. The number of likely N-dealkylation sites (tertiary alicyclic amines) is 1. The maximum absolute atomic E-state index is 11.7. The van der Waals surface area contributed by atoms with E-state index in [2.05, 4.69) is 37.8 Å². The Bertz CT molecular complexity index is 843. The average molecular weight is 422 g/mol. The molecule has 3 rings (SSSR count). The third-order valence-electron chi connectivity index (χ3n) is 5.65. The number of benzene rings is 1. The van der Waals surface area contributed by atoms with Crippen molar-refractivity contribution in [2.45, 2.75) is 40.3 Å². The molecule has 1 aliphatic heterocycles. The van der Waals surface area contributed by atoms with E-state index in [1.54, 1.807) is 17.4 Å². The normalized spacial score (nSPS) is 21.0. The summed E-state index contributed by atoms with van der Waals surface area (Å²) in [6.07, 6.45) is 0.743. The zero-order valence-corrected chi connectivity index (χ0v) is 18.2. The van der Waals surface area contributed by atoms with Gasteiger partial charge in [-0.3, -0.25) is 9.69 Å². The van der Waals surface area contributed by atoms with Crippen molar-refractivity contribution in [1.82, 2.24) is 4.90 Å². The molecule has 0 aliphatic carbocycles. The number of thiophene rings is 1. The number of hydrogen-bond acceptors (Lipinski definition) is 4. The van der Waals surface area contributed by atoms with Crippen LogP contribution in [0, 0.1) is 17.3 Å². The maximum atomic E-state index is 11.7. The largest absolute Gasteiger partial charge is 0.481 e. The van der Waals surface area contributed by atoms with Crippen molar-refractivity contribution >= 4 is 28.9 Å². The van der Waals surface area contributed by atoms with Crippen molar-refractivity contribution in [2.24, 2.45) is 17.3 Å². The van der Waals surface area contributed by atoms with Gasteiger partial charge in [-0.15, -0.1) is 11.3 Å². The van der Waals surface area contributed by atoms with Crippen LogP contribution in [0.5, 0.6) is 0 Å². The second kappa shape index (κ2) is 8.54. The average Bonchev–Trinajstić information content (AvgIpc) is 3.09. The van der Waals surface area contributed by atoms with E-state index >= 15 is 0 Å². The lowest BCUT2D eigenvalue weighted by Crippen LogP contribution is -2.46. The van der Waals surface area contributed by atoms with Gasteiger partial charge in [-0.05, 0) is 53.1 Å². The highest BCUT2D eigenvalue weighted by atomic mass is 35.5. The van der Waals surface area contributed by atoms with Crippen LogP contribution in [0.15, 0.2) is 30.3 Å². The van der Waals surface area contributed by atoms with Crippen molar-refractivity contribution in [3.05, 3.63) is 45.8 Å². The molecule has 0 radical (unpaired) electrons. The van der Waals surface area contributed by atoms with Crippen LogP contribution in [0.25, 0.3) is 10.4 Å². The molecule has 2 heterocycles. The summed E-state index contributed by atoms with van der Waals surface area (Å²) in [5.74, 6) is -0.653. The highest BCUT2D eigenvalue weighted by molar-refractivity contribution is 7.15. The van der Waals surface area contributed by atoms with Crippen LogP contribution in [0.4, 0.5) is 0 Å². The van der Waals surface area contributed by atoms with E-state index in [1.807, 2.05) is 12.1 Å². The Hall–Kier alpha value is -1.40. The molecule has 2 atom stereocenters. The van der Waals surface area contributed by atoms with E-state index in [0.29, 0.717) is 17.5 Å². The number of aliphatic hydroxyl groups is 1. The first-order chi connectivity index (χ1) is 13.2. The Balaban J connectivity index is 1.79. The fourth-order valence-corrected chi connectivity index (χ4v) is 5.14. The smallest absolute Gasteiger partial charge is 0.307 e. The number of rotatable bonds is 5. The number of nitrogens with zero attached hydrogens (tertiary/aromatic N) is 1. The summed E-state index contributed by atoms with van der Waals surface area (Å²) in [5, 5.41) is 19.9. The Morgan fingerprint density at radius 2 is 2.00 bits per heavy atom. The van der Waals surface area contributed by atoms with E-state index in [-0.39, 0.29) is 17.9 Å². The van der Waals surface area contributed by atoms with Crippen LogP contribution in [0.3, 0.4) is 0 Å². The lowest BCUT2D eigenvalue weighted by Gasteiger charge is -2.42. The van der Waals surface area contributed by atoms with Gasteiger partial charge in [0.15, 0.2) is 0 Å². The van der Waals surface area contributed by atoms with Crippen LogP contribution in [0.2, 0.25) is 5.02 Å². The number of carboxylic acids is 1. The zero-order chi connectivity index (χ0) is 20.5. The zero-order valence-electron chi connectivity index (χ0n) is 16.6. The predicted molar refractivity (Wildman–Crippen MR) is 115 cm³/mol. The molecule has 2 N–H and O–H groups in total. The molecule has 0 bridgehead atoms. The summed E-state index contributed by atoms with van der Waals surface area (Å²) < 4.78 is 0. The third kappa shape index (κ3) is 4.95. The van der Waals surface area contributed by atoms with E-state index < -0.39 is 5.97 Å². The summed E-state index contributed by atoms with van der Waals surface area (Å²) in [5.41, 5.74) is 1.90. The second-order valence-electron chi connectivity index (χ2n) is 8.75. The Labute approximate surface area is 175 Å². The van der Waals surface area contributed by atoms with Crippen molar-refractivity contribution < 1.29 is 15.0 Å². The minimum absolute atomic E-state index is 0.0284. The molecular formula is C22H28ClNO3S. The van der Waals surface area contributed by atoms with Gasteiger partial charge in [0, 0.05) is 34.4 Å². The minimum atomic E-state index is -0.697. The molecular weight excluding hydrogens is 394 g/mol. The van der Waals surface area contributed by atoms with E-state index in [1.165, 1.54) is 4.88 Å². The SMILES string of the molecule is CC(C)(C)[C@@H]1C[C@@H](C(=O)O)CN(Cc2ccc(-c3cc(Cl)ccc3CO)s2)C1. The molecule has 4 nitrogen and oxygen atoms in total. The molecule has 28 heavy (non-hydrogen) atoms. The molecule has 0 spiro atoms. The molecule has 1 aliphatic rings. The van der Waals surface area contributed by atoms with E-state index in [0.717, 1.165) is 35.5 Å². The van der Waals surface area contributed by atoms with Gasteiger partial charge in [-0.2, -0.15) is 0 Å². The van der Waals surface area contributed by atoms with Crippen LogP contribution >= 0.6 is 22.9 Å². The molecule has 0 saturated carbocycles.